The van der Waals surface area contributed by atoms with Crippen LogP contribution in [0.2, 0.25) is 0 Å². The summed E-state index contributed by atoms with van der Waals surface area (Å²) < 4.78 is 29.8. The van der Waals surface area contributed by atoms with E-state index in [0.717, 1.165) is 22.3 Å². The molecular weight excluding hydrogens is 468 g/mol. The molecule has 1 aliphatic rings. The smallest absolute Gasteiger partial charge is 0.343 e. The van der Waals surface area contributed by atoms with E-state index in [9.17, 15) is 4.79 Å². The van der Waals surface area contributed by atoms with Crippen molar-refractivity contribution in [3.05, 3.63) is 101 Å². The maximum Gasteiger partial charge on any atom is 0.343 e. The van der Waals surface area contributed by atoms with Crippen molar-refractivity contribution in [2.45, 2.75) is 27.1 Å². The maximum absolute atomic E-state index is 13.2. The first-order chi connectivity index (χ1) is 18.0. The minimum absolute atomic E-state index is 0.339. The van der Waals surface area contributed by atoms with Gasteiger partial charge in [-0.25, -0.2) is 4.79 Å². The minimum atomic E-state index is -0.494. The molecule has 0 amide bonds. The Bertz CT molecular complexity index is 1460. The summed E-state index contributed by atoms with van der Waals surface area (Å²) in [5.41, 5.74) is 5.59. The predicted molar refractivity (Wildman–Crippen MR) is 141 cm³/mol. The number of rotatable bonds is 4. The van der Waals surface area contributed by atoms with Crippen molar-refractivity contribution in [2.75, 3.05) is 14.2 Å². The number of methoxy groups -OCH3 is 2. The topological polar surface area (TPSA) is 63.2 Å². The first kappa shape index (κ1) is 24.3. The molecule has 4 aromatic rings. The lowest BCUT2D eigenvalue weighted by molar-refractivity contribution is 0.0735. The van der Waals surface area contributed by atoms with E-state index >= 15 is 0 Å². The number of esters is 1. The molecule has 0 spiro atoms. The Kier molecular flexibility index (Phi) is 6.73. The molecule has 0 bridgehead atoms. The Morgan fingerprint density at radius 2 is 1.24 bits per heavy atom. The number of aryl methyl sites for hydroxylation is 2. The third-order valence-electron chi connectivity index (χ3n) is 6.30. The van der Waals surface area contributed by atoms with Crippen molar-refractivity contribution in [3.63, 3.8) is 0 Å². The highest BCUT2D eigenvalue weighted by atomic mass is 16.5. The standard InChI is InChI=1S/C31H28O6/c1-19-13-25(34-4)29-26(14-19)35-17-22-7-5-6-8-23(22)18-36-27-15-20(2)16-28(30(27)29)37-31(32)21-9-11-24(33-3)12-10-21/h5-16H,17-18H2,1-4H3. The van der Waals surface area contributed by atoms with Gasteiger partial charge in [0.1, 0.15) is 42.0 Å². The molecule has 188 valence electrons. The molecular formula is C31H28O6. The summed E-state index contributed by atoms with van der Waals surface area (Å²) in [5.74, 6) is 2.30. The van der Waals surface area contributed by atoms with Crippen molar-refractivity contribution in [1.82, 2.24) is 0 Å². The van der Waals surface area contributed by atoms with Crippen LogP contribution in [0.25, 0.3) is 11.1 Å². The molecule has 5 rings (SSSR count). The number of hydrogen-bond donors (Lipinski definition) is 0. The van der Waals surface area contributed by atoms with Gasteiger partial charge >= 0.3 is 5.97 Å². The fourth-order valence-corrected chi connectivity index (χ4v) is 4.44. The zero-order valence-corrected chi connectivity index (χ0v) is 21.3. The van der Waals surface area contributed by atoms with Crippen molar-refractivity contribution >= 4 is 5.97 Å². The van der Waals surface area contributed by atoms with Crippen LogP contribution in [0.15, 0.2) is 72.8 Å². The maximum atomic E-state index is 13.2. The molecule has 6 nitrogen and oxygen atoms in total. The lowest BCUT2D eigenvalue weighted by Gasteiger charge is -2.24. The lowest BCUT2D eigenvalue weighted by Crippen LogP contribution is -2.12. The van der Waals surface area contributed by atoms with Crippen molar-refractivity contribution in [3.8, 4) is 39.9 Å². The zero-order chi connectivity index (χ0) is 25.9. The lowest BCUT2D eigenvalue weighted by atomic mass is 9.97. The molecule has 0 saturated heterocycles. The van der Waals surface area contributed by atoms with Gasteiger partial charge in [0, 0.05) is 0 Å². The largest absolute Gasteiger partial charge is 0.497 e. The molecule has 0 unspecified atom stereocenters. The highest BCUT2D eigenvalue weighted by Gasteiger charge is 2.26. The van der Waals surface area contributed by atoms with E-state index in [2.05, 4.69) is 0 Å². The van der Waals surface area contributed by atoms with E-state index in [-0.39, 0.29) is 0 Å². The summed E-state index contributed by atoms with van der Waals surface area (Å²) in [5, 5.41) is 0. The van der Waals surface area contributed by atoms with Crippen molar-refractivity contribution in [2.24, 2.45) is 0 Å². The summed E-state index contributed by atoms with van der Waals surface area (Å²) in [6.45, 7) is 4.62. The van der Waals surface area contributed by atoms with Gasteiger partial charge in [0.15, 0.2) is 0 Å². The van der Waals surface area contributed by atoms with Gasteiger partial charge < -0.3 is 23.7 Å². The molecule has 0 radical (unpaired) electrons. The van der Waals surface area contributed by atoms with Gasteiger partial charge in [-0.3, -0.25) is 0 Å². The SMILES string of the molecule is COc1ccc(C(=O)Oc2cc(C)cc3c2-c2c(OC)cc(C)cc2OCc2ccccc2CO3)cc1. The third kappa shape index (κ3) is 4.96. The number of carbonyl (C=O) groups is 1. The van der Waals surface area contributed by atoms with Crippen LogP contribution < -0.4 is 23.7 Å². The van der Waals surface area contributed by atoms with Crippen molar-refractivity contribution < 1.29 is 28.5 Å². The van der Waals surface area contributed by atoms with Crippen LogP contribution >= 0.6 is 0 Å². The van der Waals surface area contributed by atoms with E-state index in [4.69, 9.17) is 23.7 Å². The fourth-order valence-electron chi connectivity index (χ4n) is 4.44. The van der Waals surface area contributed by atoms with E-state index in [1.165, 1.54) is 0 Å². The van der Waals surface area contributed by atoms with Crippen LogP contribution in [0.4, 0.5) is 0 Å². The molecule has 4 aromatic carbocycles. The van der Waals surface area contributed by atoms with Crippen LogP contribution in [0.3, 0.4) is 0 Å². The molecule has 0 N–H and O–H groups in total. The fraction of sp³-hybridized carbons (Fsp3) is 0.194. The van der Waals surface area contributed by atoms with Crippen LogP contribution in [0, 0.1) is 13.8 Å². The van der Waals surface area contributed by atoms with Crippen LogP contribution in [0.1, 0.15) is 32.6 Å². The summed E-state index contributed by atoms with van der Waals surface area (Å²) in [7, 11) is 3.19. The van der Waals surface area contributed by atoms with Gasteiger partial charge in [0.2, 0.25) is 0 Å². The Morgan fingerprint density at radius 3 is 1.78 bits per heavy atom. The van der Waals surface area contributed by atoms with E-state index in [0.29, 0.717) is 58.7 Å². The Hall–Kier alpha value is -4.45. The second kappa shape index (κ2) is 10.3. The first-order valence-electron chi connectivity index (χ1n) is 12.0. The molecule has 0 atom stereocenters. The average molecular weight is 497 g/mol. The Morgan fingerprint density at radius 1 is 0.703 bits per heavy atom. The van der Waals surface area contributed by atoms with Crippen molar-refractivity contribution in [1.29, 1.82) is 0 Å². The highest BCUT2D eigenvalue weighted by molar-refractivity contribution is 5.94. The first-order valence-corrected chi connectivity index (χ1v) is 12.0. The van der Waals surface area contributed by atoms with E-state index in [1.54, 1.807) is 38.5 Å². The molecule has 0 fully saturated rings. The molecule has 0 aromatic heterocycles. The van der Waals surface area contributed by atoms with Gasteiger partial charge in [0.05, 0.1) is 30.9 Å². The summed E-state index contributed by atoms with van der Waals surface area (Å²) in [4.78, 5) is 13.2. The second-order valence-electron chi connectivity index (χ2n) is 8.94. The Labute approximate surface area is 216 Å². The van der Waals surface area contributed by atoms with E-state index in [1.807, 2.05) is 62.4 Å². The number of fused-ring (bicyclic) bond motifs is 4. The quantitative estimate of drug-likeness (QED) is 0.232. The summed E-state index contributed by atoms with van der Waals surface area (Å²) in [6, 6.07) is 22.5. The molecule has 37 heavy (non-hydrogen) atoms. The predicted octanol–water partition coefficient (Wildman–Crippen LogP) is 6.68. The number of carbonyl (C=O) groups excluding carboxylic acids is 1. The van der Waals surface area contributed by atoms with Crippen LogP contribution in [0.5, 0.6) is 28.7 Å². The normalized spacial score (nSPS) is 12.1. The summed E-state index contributed by atoms with van der Waals surface area (Å²) in [6.07, 6.45) is 0. The van der Waals surface area contributed by atoms with E-state index < -0.39 is 5.97 Å². The minimum Gasteiger partial charge on any atom is -0.497 e. The van der Waals surface area contributed by atoms with Gasteiger partial charge in [-0.2, -0.15) is 0 Å². The van der Waals surface area contributed by atoms with Gasteiger partial charge in [-0.05, 0) is 84.6 Å². The summed E-state index contributed by atoms with van der Waals surface area (Å²) >= 11 is 0. The molecule has 0 saturated carbocycles. The van der Waals surface area contributed by atoms with Crippen LogP contribution in [-0.4, -0.2) is 20.2 Å². The molecule has 6 heteroatoms. The van der Waals surface area contributed by atoms with Gasteiger partial charge in [-0.1, -0.05) is 24.3 Å². The second-order valence-corrected chi connectivity index (χ2v) is 8.94. The average Bonchev–Trinajstić information content (AvgIpc) is 2.91. The number of ether oxygens (including phenoxy) is 5. The molecule has 0 aliphatic carbocycles. The third-order valence-corrected chi connectivity index (χ3v) is 6.30. The van der Waals surface area contributed by atoms with Gasteiger partial charge in [0.25, 0.3) is 0 Å². The van der Waals surface area contributed by atoms with Crippen LogP contribution in [-0.2, 0) is 13.2 Å². The molecule has 1 heterocycles. The highest BCUT2D eigenvalue weighted by Crippen LogP contribution is 2.49. The monoisotopic (exact) mass is 496 g/mol. The molecule has 1 aliphatic heterocycles. The number of hydrogen-bond acceptors (Lipinski definition) is 6. The number of benzene rings is 4. The van der Waals surface area contributed by atoms with Gasteiger partial charge in [-0.15, -0.1) is 0 Å². The zero-order valence-electron chi connectivity index (χ0n) is 21.3. The Balaban J connectivity index is 1.68.